The summed E-state index contributed by atoms with van der Waals surface area (Å²) in [6.45, 7) is 1.54. The summed E-state index contributed by atoms with van der Waals surface area (Å²) in [6, 6.07) is 0. The van der Waals surface area contributed by atoms with Crippen LogP contribution in [-0.4, -0.2) is 38.1 Å². The zero-order valence-electron chi connectivity index (χ0n) is 7.25. The number of rotatable bonds is 2. The Kier molecular flexibility index (Phi) is 4.09. The molecule has 3 nitrogen and oxygen atoms in total. The SMILES string of the molecule is COCC#CC[C@@H]1COC[C@H]1O. The molecule has 0 spiro atoms. The van der Waals surface area contributed by atoms with Crippen molar-refractivity contribution in [2.24, 2.45) is 5.92 Å². The van der Waals surface area contributed by atoms with Crippen LogP contribution in [0.25, 0.3) is 0 Å². The smallest absolute Gasteiger partial charge is 0.107 e. The largest absolute Gasteiger partial charge is 0.390 e. The van der Waals surface area contributed by atoms with Crippen molar-refractivity contribution in [2.75, 3.05) is 26.9 Å². The van der Waals surface area contributed by atoms with Gasteiger partial charge < -0.3 is 14.6 Å². The van der Waals surface area contributed by atoms with Crippen LogP contribution in [0.1, 0.15) is 6.42 Å². The molecule has 1 aliphatic rings. The second kappa shape index (κ2) is 5.15. The van der Waals surface area contributed by atoms with E-state index in [4.69, 9.17) is 9.47 Å². The fourth-order valence-corrected chi connectivity index (χ4v) is 1.11. The van der Waals surface area contributed by atoms with Crippen LogP contribution in [0.4, 0.5) is 0 Å². The van der Waals surface area contributed by atoms with Gasteiger partial charge in [-0.1, -0.05) is 5.92 Å². The van der Waals surface area contributed by atoms with Crippen LogP contribution in [0.3, 0.4) is 0 Å². The Labute approximate surface area is 72.7 Å². The summed E-state index contributed by atoms with van der Waals surface area (Å²) in [7, 11) is 1.61. The molecule has 0 aliphatic carbocycles. The van der Waals surface area contributed by atoms with Gasteiger partial charge in [0.25, 0.3) is 0 Å². The molecule has 0 radical (unpaired) electrons. The number of hydrogen-bond acceptors (Lipinski definition) is 3. The first-order chi connectivity index (χ1) is 5.84. The van der Waals surface area contributed by atoms with E-state index in [0.717, 1.165) is 0 Å². The predicted molar refractivity (Wildman–Crippen MR) is 44.6 cm³/mol. The maximum Gasteiger partial charge on any atom is 0.107 e. The molecule has 1 rings (SSSR count). The molecule has 0 aromatic carbocycles. The van der Waals surface area contributed by atoms with Crippen molar-refractivity contribution in [1.82, 2.24) is 0 Å². The first-order valence-corrected chi connectivity index (χ1v) is 4.05. The normalized spacial score (nSPS) is 28.2. The van der Waals surface area contributed by atoms with E-state index in [0.29, 0.717) is 26.2 Å². The van der Waals surface area contributed by atoms with E-state index >= 15 is 0 Å². The highest BCUT2D eigenvalue weighted by molar-refractivity contribution is 5.01. The Morgan fingerprint density at radius 3 is 2.92 bits per heavy atom. The molecule has 1 aliphatic heterocycles. The van der Waals surface area contributed by atoms with Gasteiger partial charge in [0.05, 0.1) is 19.3 Å². The van der Waals surface area contributed by atoms with Gasteiger partial charge in [-0.05, 0) is 0 Å². The van der Waals surface area contributed by atoms with Crippen LogP contribution >= 0.6 is 0 Å². The maximum absolute atomic E-state index is 9.32. The molecule has 0 aromatic heterocycles. The molecule has 1 saturated heterocycles. The Hall–Kier alpha value is -0.560. The Morgan fingerprint density at radius 2 is 2.33 bits per heavy atom. The molecule has 1 fully saturated rings. The molecule has 1 N–H and O–H groups in total. The molecule has 1 heterocycles. The van der Waals surface area contributed by atoms with Crippen LogP contribution in [0.2, 0.25) is 0 Å². The van der Waals surface area contributed by atoms with E-state index < -0.39 is 0 Å². The molecule has 12 heavy (non-hydrogen) atoms. The highest BCUT2D eigenvalue weighted by Gasteiger charge is 2.24. The van der Waals surface area contributed by atoms with Gasteiger partial charge in [-0.3, -0.25) is 0 Å². The van der Waals surface area contributed by atoms with Gasteiger partial charge in [0, 0.05) is 19.4 Å². The number of aliphatic hydroxyl groups excluding tert-OH is 1. The summed E-state index contributed by atoms with van der Waals surface area (Å²) >= 11 is 0. The summed E-state index contributed by atoms with van der Waals surface area (Å²) in [4.78, 5) is 0. The number of aliphatic hydroxyl groups is 1. The monoisotopic (exact) mass is 170 g/mol. The lowest BCUT2D eigenvalue weighted by Crippen LogP contribution is -2.16. The second-order valence-corrected chi connectivity index (χ2v) is 2.86. The molecule has 0 saturated carbocycles. The second-order valence-electron chi connectivity index (χ2n) is 2.86. The van der Waals surface area contributed by atoms with Crippen molar-refractivity contribution in [3.8, 4) is 11.8 Å². The molecule has 0 aromatic rings. The summed E-state index contributed by atoms with van der Waals surface area (Å²) in [6.07, 6.45) is 0.367. The molecule has 0 unspecified atom stereocenters. The minimum Gasteiger partial charge on any atom is -0.390 e. The third kappa shape index (κ3) is 2.82. The van der Waals surface area contributed by atoms with E-state index in [1.165, 1.54) is 0 Å². The van der Waals surface area contributed by atoms with Crippen LogP contribution in [0.5, 0.6) is 0 Å². The standard InChI is InChI=1S/C9H14O3/c1-11-5-3-2-4-8-6-12-7-9(8)10/h8-10H,4-7H2,1H3/t8-,9-/m1/s1. The Bertz CT molecular complexity index is 180. The van der Waals surface area contributed by atoms with Crippen molar-refractivity contribution in [3.63, 3.8) is 0 Å². The average Bonchev–Trinajstić information content (AvgIpc) is 2.46. The molecular formula is C9H14O3. The van der Waals surface area contributed by atoms with Crippen molar-refractivity contribution in [3.05, 3.63) is 0 Å². The predicted octanol–water partition coefficient (Wildman–Crippen LogP) is 0.0336. The molecule has 0 amide bonds. The van der Waals surface area contributed by atoms with Gasteiger partial charge in [-0.2, -0.15) is 0 Å². The quantitative estimate of drug-likeness (QED) is 0.594. The minimum absolute atomic E-state index is 0.189. The van der Waals surface area contributed by atoms with Crippen molar-refractivity contribution in [1.29, 1.82) is 0 Å². The van der Waals surface area contributed by atoms with Crippen LogP contribution in [-0.2, 0) is 9.47 Å². The fourth-order valence-electron chi connectivity index (χ4n) is 1.11. The Morgan fingerprint density at radius 1 is 1.50 bits per heavy atom. The van der Waals surface area contributed by atoms with E-state index in [-0.39, 0.29) is 12.0 Å². The molecule has 2 atom stereocenters. The molecule has 0 bridgehead atoms. The summed E-state index contributed by atoms with van der Waals surface area (Å²) in [5.74, 6) is 5.98. The average molecular weight is 170 g/mol. The van der Waals surface area contributed by atoms with E-state index in [9.17, 15) is 5.11 Å². The van der Waals surface area contributed by atoms with Gasteiger partial charge in [0.15, 0.2) is 0 Å². The molecule has 3 heteroatoms. The highest BCUT2D eigenvalue weighted by atomic mass is 16.5. The lowest BCUT2D eigenvalue weighted by Gasteiger charge is -2.06. The van der Waals surface area contributed by atoms with E-state index in [1.807, 2.05) is 0 Å². The highest BCUT2D eigenvalue weighted by Crippen LogP contribution is 2.15. The molecule has 68 valence electrons. The van der Waals surface area contributed by atoms with E-state index in [2.05, 4.69) is 11.8 Å². The fraction of sp³-hybridized carbons (Fsp3) is 0.778. The lowest BCUT2D eigenvalue weighted by molar-refractivity contribution is 0.119. The van der Waals surface area contributed by atoms with E-state index in [1.54, 1.807) is 7.11 Å². The number of ether oxygens (including phenoxy) is 2. The number of methoxy groups -OCH3 is 1. The first kappa shape index (κ1) is 9.53. The van der Waals surface area contributed by atoms with Crippen LogP contribution in [0, 0.1) is 17.8 Å². The van der Waals surface area contributed by atoms with Crippen LogP contribution in [0.15, 0.2) is 0 Å². The summed E-state index contributed by atoms with van der Waals surface area (Å²) < 4.78 is 9.84. The van der Waals surface area contributed by atoms with Gasteiger partial charge >= 0.3 is 0 Å². The van der Waals surface area contributed by atoms with Gasteiger partial charge in [-0.15, -0.1) is 5.92 Å². The van der Waals surface area contributed by atoms with Crippen molar-refractivity contribution >= 4 is 0 Å². The summed E-state index contributed by atoms with van der Waals surface area (Å²) in [5, 5.41) is 9.32. The third-order valence-electron chi connectivity index (χ3n) is 1.87. The Balaban J connectivity index is 2.19. The van der Waals surface area contributed by atoms with Crippen molar-refractivity contribution in [2.45, 2.75) is 12.5 Å². The zero-order chi connectivity index (χ0) is 8.81. The van der Waals surface area contributed by atoms with Gasteiger partial charge in [0.2, 0.25) is 0 Å². The maximum atomic E-state index is 9.32. The zero-order valence-corrected chi connectivity index (χ0v) is 7.25. The minimum atomic E-state index is -0.332. The van der Waals surface area contributed by atoms with Crippen LogP contribution < -0.4 is 0 Å². The van der Waals surface area contributed by atoms with Crippen molar-refractivity contribution < 1.29 is 14.6 Å². The lowest BCUT2D eigenvalue weighted by atomic mass is 10.0. The summed E-state index contributed by atoms with van der Waals surface area (Å²) in [5.41, 5.74) is 0. The molecular weight excluding hydrogens is 156 g/mol. The van der Waals surface area contributed by atoms with Gasteiger partial charge in [0.1, 0.15) is 6.61 Å². The number of hydrogen-bond donors (Lipinski definition) is 1. The third-order valence-corrected chi connectivity index (χ3v) is 1.87. The topological polar surface area (TPSA) is 38.7 Å². The first-order valence-electron chi connectivity index (χ1n) is 4.05. The van der Waals surface area contributed by atoms with Gasteiger partial charge in [-0.25, -0.2) is 0 Å².